The average Bonchev–Trinajstić information content (AvgIpc) is 2.70. The molecule has 1 heterocycles. The molecule has 0 radical (unpaired) electrons. The van der Waals surface area contributed by atoms with Crippen molar-refractivity contribution in [3.63, 3.8) is 0 Å². The monoisotopic (exact) mass is 353 g/mol. The number of carbonyl (C=O) groups is 1. The van der Waals surface area contributed by atoms with Gasteiger partial charge in [0.2, 0.25) is 0 Å². The molecule has 0 saturated carbocycles. The number of amides is 1. The highest BCUT2D eigenvalue weighted by Crippen LogP contribution is 2.34. The average molecular weight is 353 g/mol. The summed E-state index contributed by atoms with van der Waals surface area (Å²) in [7, 11) is 1.67. The van der Waals surface area contributed by atoms with Crippen molar-refractivity contribution < 1.29 is 9.18 Å². The summed E-state index contributed by atoms with van der Waals surface area (Å²) in [5.74, 6) is -0.614. The fourth-order valence-electron chi connectivity index (χ4n) is 3.12. The van der Waals surface area contributed by atoms with Crippen LogP contribution < -0.4 is 4.90 Å². The van der Waals surface area contributed by atoms with Crippen LogP contribution in [0, 0.1) is 10.7 Å². The highest BCUT2D eigenvalue weighted by Gasteiger charge is 2.36. The molecule has 5 nitrogen and oxygen atoms in total. The van der Waals surface area contributed by atoms with E-state index in [9.17, 15) is 14.1 Å². The van der Waals surface area contributed by atoms with Crippen LogP contribution in [0.3, 0.4) is 0 Å². The first kappa shape index (κ1) is 17.9. The van der Waals surface area contributed by atoms with Crippen LogP contribution in [-0.2, 0) is 4.79 Å². The Morgan fingerprint density at radius 2 is 1.85 bits per heavy atom. The number of halogens is 1. The van der Waals surface area contributed by atoms with Crippen molar-refractivity contribution in [1.29, 1.82) is 0 Å². The molecule has 0 aliphatic carbocycles. The van der Waals surface area contributed by atoms with Crippen LogP contribution in [0.4, 0.5) is 10.1 Å². The molecule has 0 aromatic heterocycles. The first-order valence-corrected chi connectivity index (χ1v) is 8.36. The smallest absolute Gasteiger partial charge is 0.254 e. The van der Waals surface area contributed by atoms with Gasteiger partial charge in [-0.05, 0) is 50.6 Å². The van der Waals surface area contributed by atoms with Gasteiger partial charge in [-0.25, -0.2) is 4.39 Å². The molecule has 1 aliphatic heterocycles. The van der Waals surface area contributed by atoms with E-state index in [2.05, 4.69) is 10.2 Å². The zero-order valence-electron chi connectivity index (χ0n) is 15.2. The number of fused-ring (bicyclic) bond motifs is 1. The summed E-state index contributed by atoms with van der Waals surface area (Å²) < 4.78 is 14.5. The fourth-order valence-corrected chi connectivity index (χ4v) is 3.12. The minimum atomic E-state index is -1.06. The second kappa shape index (κ2) is 6.44. The SMILES string of the molecule is CC(N=O)c1ccc2c(c1)C(c1ccccc1F)=NC(C)(C)C(=O)N2C. The van der Waals surface area contributed by atoms with Gasteiger partial charge in [-0.2, -0.15) is 4.91 Å². The minimum Gasteiger partial charge on any atom is -0.313 e. The summed E-state index contributed by atoms with van der Waals surface area (Å²) in [5, 5.41) is 3.06. The molecular formula is C20H20FN3O2. The number of likely N-dealkylation sites (N-methyl/N-ethyl adjacent to an activating group) is 1. The summed E-state index contributed by atoms with van der Waals surface area (Å²) in [6.45, 7) is 5.09. The van der Waals surface area contributed by atoms with Gasteiger partial charge in [-0.15, -0.1) is 0 Å². The maximum absolute atomic E-state index is 14.5. The number of rotatable bonds is 3. The Bertz CT molecular complexity index is 921. The number of aliphatic imine (C=N–C) groups is 1. The number of hydrogen-bond donors (Lipinski definition) is 0. The lowest BCUT2D eigenvalue weighted by Crippen LogP contribution is -2.41. The molecule has 0 N–H and O–H groups in total. The predicted octanol–water partition coefficient (Wildman–Crippen LogP) is 4.25. The van der Waals surface area contributed by atoms with Crippen molar-refractivity contribution in [3.05, 3.63) is 69.9 Å². The number of benzodiazepines with no additional fused rings is 1. The van der Waals surface area contributed by atoms with Crippen molar-refractivity contribution in [2.45, 2.75) is 32.4 Å². The summed E-state index contributed by atoms with van der Waals surface area (Å²) in [6.07, 6.45) is 0. The standard InChI is InChI=1S/C20H20FN3O2/c1-12(23-26)13-9-10-17-15(11-13)18(14-7-5-6-8-16(14)21)22-20(2,3)19(25)24(17)4/h5-12H,1-4H3. The molecule has 2 aromatic rings. The van der Waals surface area contributed by atoms with Gasteiger partial charge in [0.15, 0.2) is 0 Å². The molecule has 1 atom stereocenters. The Kier molecular flexibility index (Phi) is 4.44. The maximum Gasteiger partial charge on any atom is 0.254 e. The zero-order chi connectivity index (χ0) is 19.1. The van der Waals surface area contributed by atoms with Gasteiger partial charge >= 0.3 is 0 Å². The molecule has 1 unspecified atom stereocenters. The van der Waals surface area contributed by atoms with Crippen molar-refractivity contribution in [2.75, 3.05) is 11.9 Å². The van der Waals surface area contributed by atoms with Gasteiger partial charge in [0.1, 0.15) is 17.4 Å². The minimum absolute atomic E-state index is 0.195. The lowest BCUT2D eigenvalue weighted by molar-refractivity contribution is -0.122. The molecule has 0 fully saturated rings. The molecule has 0 saturated heterocycles. The topological polar surface area (TPSA) is 62.1 Å². The van der Waals surface area contributed by atoms with Crippen LogP contribution in [0.25, 0.3) is 0 Å². The number of carbonyl (C=O) groups excluding carboxylic acids is 1. The van der Waals surface area contributed by atoms with Gasteiger partial charge in [0, 0.05) is 18.2 Å². The van der Waals surface area contributed by atoms with E-state index in [1.165, 1.54) is 11.0 Å². The van der Waals surface area contributed by atoms with E-state index in [-0.39, 0.29) is 5.91 Å². The van der Waals surface area contributed by atoms with Gasteiger partial charge in [0.25, 0.3) is 5.91 Å². The summed E-state index contributed by atoms with van der Waals surface area (Å²) in [6, 6.07) is 11.0. The van der Waals surface area contributed by atoms with Gasteiger partial charge in [-0.3, -0.25) is 9.79 Å². The van der Waals surface area contributed by atoms with Crippen LogP contribution in [0.15, 0.2) is 52.6 Å². The number of nitroso groups, excluding NO2 is 1. The van der Waals surface area contributed by atoms with E-state index >= 15 is 0 Å². The third-order valence-corrected chi connectivity index (χ3v) is 4.63. The predicted molar refractivity (Wildman–Crippen MR) is 100 cm³/mol. The lowest BCUT2D eigenvalue weighted by Gasteiger charge is -2.24. The second-order valence-corrected chi connectivity index (χ2v) is 6.92. The normalized spacial score (nSPS) is 17.2. The largest absolute Gasteiger partial charge is 0.313 e. The lowest BCUT2D eigenvalue weighted by atomic mass is 9.96. The Morgan fingerprint density at radius 3 is 2.50 bits per heavy atom. The third kappa shape index (κ3) is 2.92. The molecule has 3 rings (SSSR count). The zero-order valence-corrected chi connectivity index (χ0v) is 15.2. The van der Waals surface area contributed by atoms with E-state index in [1.807, 2.05) is 0 Å². The summed E-state index contributed by atoms with van der Waals surface area (Å²) >= 11 is 0. The second-order valence-electron chi connectivity index (χ2n) is 6.92. The maximum atomic E-state index is 14.5. The number of benzene rings is 2. The van der Waals surface area contributed by atoms with Crippen molar-refractivity contribution >= 4 is 17.3 Å². The Balaban J connectivity index is 2.34. The molecule has 0 spiro atoms. The molecule has 1 aliphatic rings. The summed E-state index contributed by atoms with van der Waals surface area (Å²) in [5.41, 5.74) is 1.55. The Morgan fingerprint density at radius 1 is 1.15 bits per heavy atom. The highest BCUT2D eigenvalue weighted by molar-refractivity contribution is 6.20. The van der Waals surface area contributed by atoms with Crippen molar-refractivity contribution in [1.82, 2.24) is 0 Å². The molecule has 26 heavy (non-hydrogen) atoms. The van der Waals surface area contributed by atoms with Gasteiger partial charge < -0.3 is 4.90 Å². The van der Waals surface area contributed by atoms with E-state index < -0.39 is 17.4 Å². The van der Waals surface area contributed by atoms with E-state index in [4.69, 9.17) is 0 Å². The molecular weight excluding hydrogens is 333 g/mol. The first-order valence-electron chi connectivity index (χ1n) is 8.36. The summed E-state index contributed by atoms with van der Waals surface area (Å²) in [4.78, 5) is 29.9. The van der Waals surface area contributed by atoms with Crippen LogP contribution in [0.5, 0.6) is 0 Å². The molecule has 6 heteroatoms. The highest BCUT2D eigenvalue weighted by atomic mass is 19.1. The number of hydrogen-bond acceptors (Lipinski definition) is 4. The van der Waals surface area contributed by atoms with Crippen LogP contribution in [0.2, 0.25) is 0 Å². The molecule has 2 aromatic carbocycles. The van der Waals surface area contributed by atoms with E-state index in [0.29, 0.717) is 28.1 Å². The van der Waals surface area contributed by atoms with Crippen molar-refractivity contribution in [2.24, 2.45) is 10.2 Å². The number of nitrogens with zero attached hydrogens (tertiary/aromatic N) is 3. The van der Waals surface area contributed by atoms with Crippen LogP contribution in [-0.4, -0.2) is 24.2 Å². The van der Waals surface area contributed by atoms with Crippen molar-refractivity contribution in [3.8, 4) is 0 Å². The van der Waals surface area contributed by atoms with Crippen LogP contribution in [0.1, 0.15) is 43.5 Å². The first-order chi connectivity index (χ1) is 12.3. The van der Waals surface area contributed by atoms with E-state index in [1.54, 1.807) is 64.2 Å². The van der Waals surface area contributed by atoms with E-state index in [0.717, 1.165) is 0 Å². The van der Waals surface area contributed by atoms with Crippen LogP contribution >= 0.6 is 0 Å². The fraction of sp³-hybridized carbons (Fsp3) is 0.300. The van der Waals surface area contributed by atoms with Gasteiger partial charge in [-0.1, -0.05) is 23.4 Å². The third-order valence-electron chi connectivity index (χ3n) is 4.63. The quantitative estimate of drug-likeness (QED) is 0.775. The Hall–Kier alpha value is -2.89. The molecule has 0 bridgehead atoms. The molecule has 134 valence electrons. The number of anilines is 1. The van der Waals surface area contributed by atoms with Gasteiger partial charge in [0.05, 0.1) is 11.4 Å². The Labute approximate surface area is 151 Å². The molecule has 1 amide bonds.